The smallest absolute Gasteiger partial charge is 0.308 e. The second-order valence-electron chi connectivity index (χ2n) is 7.89. The largest absolute Gasteiger partial charge is 0.456 e. The van der Waals surface area contributed by atoms with E-state index in [4.69, 9.17) is 4.74 Å². The Morgan fingerprint density at radius 1 is 0.912 bits per heavy atom. The molecule has 0 saturated carbocycles. The number of carbonyl (C=O) groups is 2. The first kappa shape index (κ1) is 22.9. The van der Waals surface area contributed by atoms with Crippen LogP contribution in [0.25, 0.3) is 10.9 Å². The van der Waals surface area contributed by atoms with Gasteiger partial charge in [-0.2, -0.15) is 0 Å². The van der Waals surface area contributed by atoms with Crippen LogP contribution in [0.5, 0.6) is 0 Å². The third-order valence-electron chi connectivity index (χ3n) is 5.47. The zero-order valence-corrected chi connectivity index (χ0v) is 18.6. The predicted octanol–water partition coefficient (Wildman–Crippen LogP) is 3.43. The van der Waals surface area contributed by atoms with E-state index in [1.54, 1.807) is 18.2 Å². The summed E-state index contributed by atoms with van der Waals surface area (Å²) in [6.45, 7) is -0.264. The summed E-state index contributed by atoms with van der Waals surface area (Å²) in [4.78, 5) is 41.5. The van der Waals surface area contributed by atoms with Crippen LogP contribution in [-0.2, 0) is 27.3 Å². The minimum absolute atomic E-state index is 0.0423. The van der Waals surface area contributed by atoms with E-state index in [0.717, 1.165) is 11.1 Å². The lowest BCUT2D eigenvalue weighted by atomic mass is 9.99. The average molecular weight is 456 g/mol. The molecular weight excluding hydrogens is 430 g/mol. The van der Waals surface area contributed by atoms with Gasteiger partial charge < -0.3 is 10.1 Å². The molecule has 1 heterocycles. The molecule has 0 radical (unpaired) electrons. The van der Waals surface area contributed by atoms with E-state index < -0.39 is 5.97 Å². The molecule has 4 rings (SSSR count). The third kappa shape index (κ3) is 5.95. The molecule has 1 unspecified atom stereocenters. The van der Waals surface area contributed by atoms with Crippen molar-refractivity contribution in [2.24, 2.45) is 0 Å². The third-order valence-corrected chi connectivity index (χ3v) is 5.47. The fourth-order valence-electron chi connectivity index (χ4n) is 3.72. The van der Waals surface area contributed by atoms with Crippen molar-refractivity contribution in [3.8, 4) is 0 Å². The molecule has 1 N–H and O–H groups in total. The summed E-state index contributed by atoms with van der Waals surface area (Å²) in [5.41, 5.74) is 2.44. The molecule has 0 saturated heterocycles. The van der Waals surface area contributed by atoms with E-state index in [1.165, 1.54) is 10.9 Å². The molecule has 0 aliphatic carbocycles. The molecule has 3 aromatic carbocycles. The molecule has 1 aromatic heterocycles. The predicted molar refractivity (Wildman–Crippen MR) is 129 cm³/mol. The lowest BCUT2D eigenvalue weighted by Crippen LogP contribution is -2.33. The van der Waals surface area contributed by atoms with Crippen molar-refractivity contribution in [2.45, 2.75) is 25.4 Å². The van der Waals surface area contributed by atoms with Crippen molar-refractivity contribution in [3.63, 3.8) is 0 Å². The van der Waals surface area contributed by atoms with Crippen LogP contribution in [0.1, 0.15) is 23.6 Å². The number of hydrogen-bond acceptors (Lipinski definition) is 5. The molecule has 0 aliphatic rings. The van der Waals surface area contributed by atoms with Crippen LogP contribution in [-0.4, -0.2) is 28.0 Å². The Morgan fingerprint density at radius 2 is 1.59 bits per heavy atom. The lowest BCUT2D eigenvalue weighted by Gasteiger charge is -2.19. The van der Waals surface area contributed by atoms with Crippen LogP contribution < -0.4 is 10.9 Å². The number of nitrogens with one attached hydrogen (secondary N) is 1. The van der Waals surface area contributed by atoms with E-state index in [0.29, 0.717) is 17.3 Å². The Hall–Kier alpha value is -4.26. The van der Waals surface area contributed by atoms with Gasteiger partial charge >= 0.3 is 5.97 Å². The van der Waals surface area contributed by atoms with Crippen molar-refractivity contribution in [3.05, 3.63) is 113 Å². The van der Waals surface area contributed by atoms with Crippen molar-refractivity contribution in [2.75, 3.05) is 6.61 Å². The minimum atomic E-state index is -0.561. The number of aryl methyl sites for hydroxylation is 1. The zero-order valence-electron chi connectivity index (χ0n) is 18.6. The van der Waals surface area contributed by atoms with Gasteiger partial charge in [0.25, 0.3) is 11.5 Å². The van der Waals surface area contributed by atoms with Crippen LogP contribution >= 0.6 is 0 Å². The number of para-hydroxylation sites is 1. The van der Waals surface area contributed by atoms with Gasteiger partial charge in [-0.1, -0.05) is 72.8 Å². The highest BCUT2D eigenvalue weighted by molar-refractivity contribution is 5.81. The Labute approximate surface area is 197 Å². The number of ether oxygens (including phenoxy) is 1. The second-order valence-corrected chi connectivity index (χ2v) is 7.89. The highest BCUT2D eigenvalue weighted by Gasteiger charge is 2.17. The monoisotopic (exact) mass is 455 g/mol. The molecule has 0 fully saturated rings. The van der Waals surface area contributed by atoms with Crippen molar-refractivity contribution >= 4 is 22.8 Å². The standard InChI is InChI=1S/C27H25N3O4/c31-25(29-24(21-11-5-2-6-12-21)17-20-9-3-1-4-10-20)18-34-26(32)15-16-30-19-28-23-14-8-7-13-22(23)27(30)33/h1-14,19,24H,15-18H2,(H,29,31). The molecule has 4 aromatic rings. The highest BCUT2D eigenvalue weighted by Crippen LogP contribution is 2.18. The molecule has 0 bridgehead atoms. The minimum Gasteiger partial charge on any atom is -0.456 e. The van der Waals surface area contributed by atoms with Gasteiger partial charge in [0.2, 0.25) is 0 Å². The van der Waals surface area contributed by atoms with E-state index >= 15 is 0 Å². The SMILES string of the molecule is O=C(COC(=O)CCn1cnc2ccccc2c1=O)NC(Cc1ccccc1)c1ccccc1. The van der Waals surface area contributed by atoms with E-state index in [2.05, 4.69) is 10.3 Å². The number of benzene rings is 3. The fourth-order valence-corrected chi connectivity index (χ4v) is 3.72. The molecule has 1 atom stereocenters. The number of aromatic nitrogens is 2. The topological polar surface area (TPSA) is 90.3 Å². The Bertz CT molecular complexity index is 1320. The van der Waals surface area contributed by atoms with Crippen molar-refractivity contribution in [1.29, 1.82) is 0 Å². The number of esters is 1. The van der Waals surface area contributed by atoms with Gasteiger partial charge in [-0.25, -0.2) is 4.98 Å². The second kappa shape index (κ2) is 11.0. The Morgan fingerprint density at radius 3 is 2.35 bits per heavy atom. The molecule has 7 nitrogen and oxygen atoms in total. The molecule has 1 amide bonds. The van der Waals surface area contributed by atoms with Gasteiger partial charge in [-0.15, -0.1) is 0 Å². The maximum atomic E-state index is 12.5. The first-order valence-electron chi connectivity index (χ1n) is 11.1. The number of amides is 1. The quantitative estimate of drug-likeness (QED) is 0.391. The maximum Gasteiger partial charge on any atom is 0.308 e. The molecular formula is C27H25N3O4. The molecule has 7 heteroatoms. The molecule has 34 heavy (non-hydrogen) atoms. The first-order chi connectivity index (χ1) is 16.6. The molecule has 0 spiro atoms. The summed E-state index contributed by atoms with van der Waals surface area (Å²) in [6, 6.07) is 26.3. The maximum absolute atomic E-state index is 12.5. The van der Waals surface area contributed by atoms with Crippen LogP contribution in [0.15, 0.2) is 96.1 Å². The summed E-state index contributed by atoms with van der Waals surface area (Å²) in [5.74, 6) is -0.947. The summed E-state index contributed by atoms with van der Waals surface area (Å²) in [5, 5.41) is 3.45. The van der Waals surface area contributed by atoms with Crippen LogP contribution in [0.2, 0.25) is 0 Å². The zero-order chi connectivity index (χ0) is 23.8. The van der Waals surface area contributed by atoms with Crippen molar-refractivity contribution in [1.82, 2.24) is 14.9 Å². The van der Waals surface area contributed by atoms with Gasteiger partial charge in [0, 0.05) is 6.54 Å². The van der Waals surface area contributed by atoms with Crippen LogP contribution in [0, 0.1) is 0 Å². The Kier molecular flexibility index (Phi) is 7.45. The van der Waals surface area contributed by atoms with Gasteiger partial charge in [0.05, 0.1) is 29.7 Å². The highest BCUT2D eigenvalue weighted by atomic mass is 16.5. The molecule has 172 valence electrons. The average Bonchev–Trinajstić information content (AvgIpc) is 2.88. The fraction of sp³-hybridized carbons (Fsp3) is 0.185. The first-order valence-corrected chi connectivity index (χ1v) is 11.1. The summed E-state index contributed by atoms with van der Waals surface area (Å²) in [6.07, 6.45) is 1.99. The van der Waals surface area contributed by atoms with Crippen LogP contribution in [0.3, 0.4) is 0 Å². The Balaban J connectivity index is 1.31. The van der Waals surface area contributed by atoms with Gasteiger partial charge in [0.15, 0.2) is 6.61 Å². The van der Waals surface area contributed by atoms with Gasteiger partial charge in [-0.3, -0.25) is 19.0 Å². The van der Waals surface area contributed by atoms with E-state index in [1.807, 2.05) is 66.7 Å². The van der Waals surface area contributed by atoms with E-state index in [-0.39, 0.29) is 37.1 Å². The summed E-state index contributed by atoms with van der Waals surface area (Å²) < 4.78 is 6.52. The number of hydrogen-bond donors (Lipinski definition) is 1. The number of fused-ring (bicyclic) bond motifs is 1. The van der Waals surface area contributed by atoms with Gasteiger partial charge in [-0.05, 0) is 29.7 Å². The van der Waals surface area contributed by atoms with Crippen LogP contribution in [0.4, 0.5) is 0 Å². The lowest BCUT2D eigenvalue weighted by molar-refractivity contribution is -0.149. The van der Waals surface area contributed by atoms with Crippen molar-refractivity contribution < 1.29 is 14.3 Å². The van der Waals surface area contributed by atoms with Gasteiger partial charge in [0.1, 0.15) is 0 Å². The van der Waals surface area contributed by atoms with E-state index in [9.17, 15) is 14.4 Å². The normalized spacial score (nSPS) is 11.6. The number of carbonyl (C=O) groups excluding carboxylic acids is 2. The number of rotatable bonds is 9. The summed E-state index contributed by atoms with van der Waals surface area (Å²) >= 11 is 0. The number of nitrogens with zero attached hydrogens (tertiary/aromatic N) is 2. The summed E-state index contributed by atoms with van der Waals surface area (Å²) in [7, 11) is 0. The molecule has 0 aliphatic heterocycles.